The first kappa shape index (κ1) is 8.90. The van der Waals surface area contributed by atoms with E-state index in [1.165, 1.54) is 7.11 Å². The van der Waals surface area contributed by atoms with Crippen molar-refractivity contribution in [3.05, 3.63) is 0 Å². The summed E-state index contributed by atoms with van der Waals surface area (Å²) < 4.78 is 23.0. The maximum atomic E-state index is 13.1. The molecule has 1 fully saturated rings. The van der Waals surface area contributed by atoms with Crippen LogP contribution in [0.4, 0.5) is 4.39 Å². The Balaban J connectivity index is 2.57. The van der Waals surface area contributed by atoms with E-state index in [-0.39, 0.29) is 6.61 Å². The molecule has 0 bridgehead atoms. The lowest BCUT2D eigenvalue weighted by atomic mass is 10.1. The van der Waals surface area contributed by atoms with Gasteiger partial charge in [-0.15, -0.1) is 0 Å². The zero-order valence-electron chi connectivity index (χ0n) is 6.66. The molecule has 1 aliphatic heterocycles. The van der Waals surface area contributed by atoms with Crippen LogP contribution in [0.15, 0.2) is 0 Å². The molecule has 3 nitrogen and oxygen atoms in total. The number of alkyl halides is 1. The number of ether oxygens (including phenoxy) is 2. The minimum Gasteiger partial charge on any atom is -0.394 e. The molecule has 0 aliphatic carbocycles. The fourth-order valence-electron chi connectivity index (χ4n) is 1.33. The van der Waals surface area contributed by atoms with Gasteiger partial charge in [0, 0.05) is 7.11 Å². The summed E-state index contributed by atoms with van der Waals surface area (Å²) in [6.45, 7) is 1.44. The van der Waals surface area contributed by atoms with Gasteiger partial charge in [0.2, 0.25) is 0 Å². The van der Waals surface area contributed by atoms with Crippen LogP contribution in [-0.4, -0.2) is 43.3 Å². The van der Waals surface area contributed by atoms with Crippen molar-refractivity contribution in [1.82, 2.24) is 0 Å². The number of hydrogen-bond donors (Lipinski definition) is 1. The molecule has 1 aliphatic rings. The summed E-state index contributed by atoms with van der Waals surface area (Å²) in [5.74, 6) is 0. The average molecular weight is 164 g/mol. The molecular formula is C7H13FO3. The summed E-state index contributed by atoms with van der Waals surface area (Å²) in [7, 11) is 1.42. The summed E-state index contributed by atoms with van der Waals surface area (Å²) in [6, 6.07) is 0. The van der Waals surface area contributed by atoms with Crippen LogP contribution in [-0.2, 0) is 9.47 Å². The van der Waals surface area contributed by atoms with Crippen LogP contribution in [0, 0.1) is 0 Å². The van der Waals surface area contributed by atoms with Crippen LogP contribution in [0.5, 0.6) is 0 Å². The Hall–Kier alpha value is -0.190. The molecule has 1 rings (SSSR count). The van der Waals surface area contributed by atoms with Gasteiger partial charge in [-0.25, -0.2) is 4.39 Å². The zero-order chi connectivity index (χ0) is 8.43. The molecule has 1 heterocycles. The van der Waals surface area contributed by atoms with E-state index in [4.69, 9.17) is 14.6 Å². The number of aliphatic hydroxyl groups excluding tert-OH is 1. The van der Waals surface area contributed by atoms with Gasteiger partial charge in [0.05, 0.1) is 12.7 Å². The third kappa shape index (κ3) is 1.52. The molecule has 0 spiro atoms. The summed E-state index contributed by atoms with van der Waals surface area (Å²) in [6.07, 6.45) is -2.73. The number of hydrogen-bond acceptors (Lipinski definition) is 3. The normalized spacial score (nSPS) is 44.7. The van der Waals surface area contributed by atoms with Crippen molar-refractivity contribution in [2.75, 3.05) is 13.7 Å². The van der Waals surface area contributed by atoms with Crippen LogP contribution < -0.4 is 0 Å². The Labute approximate surface area is 65.1 Å². The van der Waals surface area contributed by atoms with E-state index in [2.05, 4.69) is 0 Å². The van der Waals surface area contributed by atoms with Crippen LogP contribution in [0.25, 0.3) is 0 Å². The molecule has 0 radical (unpaired) electrons. The van der Waals surface area contributed by atoms with Crippen LogP contribution in [0.2, 0.25) is 0 Å². The topological polar surface area (TPSA) is 38.7 Å². The molecule has 0 aromatic carbocycles. The van der Waals surface area contributed by atoms with E-state index in [1.54, 1.807) is 6.92 Å². The summed E-state index contributed by atoms with van der Waals surface area (Å²) in [5, 5.41) is 8.73. The van der Waals surface area contributed by atoms with Crippen molar-refractivity contribution in [2.45, 2.75) is 31.4 Å². The lowest BCUT2D eigenvalue weighted by Crippen LogP contribution is -2.32. The minimum absolute atomic E-state index is 0.191. The van der Waals surface area contributed by atoms with Crippen LogP contribution in [0.3, 0.4) is 0 Å². The molecule has 1 saturated heterocycles. The Kier molecular flexibility index (Phi) is 2.81. The monoisotopic (exact) mass is 164 g/mol. The molecule has 0 aromatic heterocycles. The fraction of sp³-hybridized carbons (Fsp3) is 1.00. The van der Waals surface area contributed by atoms with Gasteiger partial charge >= 0.3 is 0 Å². The highest BCUT2D eigenvalue weighted by atomic mass is 19.1. The number of halogens is 1. The number of rotatable bonds is 2. The summed E-state index contributed by atoms with van der Waals surface area (Å²) in [4.78, 5) is 0. The van der Waals surface area contributed by atoms with Gasteiger partial charge in [-0.2, -0.15) is 0 Å². The molecule has 4 atom stereocenters. The second kappa shape index (κ2) is 3.47. The SMILES string of the molecule is CO[C@@H]1[C@@H](F)[C@@H](C)O[C@H]1CO. The molecular weight excluding hydrogens is 151 g/mol. The standard InChI is InChI=1S/C7H13FO3/c1-4-6(8)7(10-2)5(3-9)11-4/h4-7,9H,3H2,1-2H3/t4-,5+,6+,7+/m1/s1. The fourth-order valence-corrected chi connectivity index (χ4v) is 1.33. The van der Waals surface area contributed by atoms with Crippen molar-refractivity contribution >= 4 is 0 Å². The molecule has 66 valence electrons. The molecule has 11 heavy (non-hydrogen) atoms. The van der Waals surface area contributed by atoms with Crippen molar-refractivity contribution in [2.24, 2.45) is 0 Å². The largest absolute Gasteiger partial charge is 0.394 e. The van der Waals surface area contributed by atoms with E-state index in [9.17, 15) is 4.39 Å². The molecule has 0 saturated carbocycles. The third-order valence-corrected chi connectivity index (χ3v) is 1.97. The van der Waals surface area contributed by atoms with Gasteiger partial charge in [-0.1, -0.05) is 0 Å². The van der Waals surface area contributed by atoms with Gasteiger partial charge < -0.3 is 14.6 Å². The Morgan fingerprint density at radius 3 is 2.64 bits per heavy atom. The third-order valence-electron chi connectivity index (χ3n) is 1.97. The van der Waals surface area contributed by atoms with Crippen molar-refractivity contribution in [3.8, 4) is 0 Å². The summed E-state index contributed by atoms with van der Waals surface area (Å²) in [5.41, 5.74) is 0. The second-order valence-corrected chi connectivity index (χ2v) is 2.71. The van der Waals surface area contributed by atoms with Gasteiger partial charge in [-0.3, -0.25) is 0 Å². The Bertz CT molecular complexity index is 131. The number of methoxy groups -OCH3 is 1. The first-order chi connectivity index (χ1) is 5.20. The van der Waals surface area contributed by atoms with E-state index in [0.717, 1.165) is 0 Å². The molecule has 0 aromatic rings. The highest BCUT2D eigenvalue weighted by Gasteiger charge is 2.42. The lowest BCUT2D eigenvalue weighted by molar-refractivity contribution is -0.0315. The maximum Gasteiger partial charge on any atom is 0.154 e. The Morgan fingerprint density at radius 2 is 2.27 bits per heavy atom. The van der Waals surface area contributed by atoms with E-state index >= 15 is 0 Å². The Morgan fingerprint density at radius 1 is 1.64 bits per heavy atom. The van der Waals surface area contributed by atoms with Crippen LogP contribution >= 0.6 is 0 Å². The predicted molar refractivity (Wildman–Crippen MR) is 37.1 cm³/mol. The van der Waals surface area contributed by atoms with Gasteiger partial charge in [-0.05, 0) is 6.92 Å². The molecule has 0 amide bonds. The van der Waals surface area contributed by atoms with Crippen molar-refractivity contribution < 1.29 is 19.0 Å². The van der Waals surface area contributed by atoms with E-state index in [1.807, 2.05) is 0 Å². The highest BCUT2D eigenvalue weighted by Crippen LogP contribution is 2.25. The quantitative estimate of drug-likeness (QED) is 0.630. The average Bonchev–Trinajstić information content (AvgIpc) is 2.28. The zero-order valence-corrected chi connectivity index (χ0v) is 6.66. The van der Waals surface area contributed by atoms with Crippen molar-refractivity contribution in [1.29, 1.82) is 0 Å². The van der Waals surface area contributed by atoms with E-state index in [0.29, 0.717) is 0 Å². The first-order valence-electron chi connectivity index (χ1n) is 3.64. The predicted octanol–water partition coefficient (Wildman–Crippen LogP) is 0.119. The smallest absolute Gasteiger partial charge is 0.154 e. The lowest BCUT2D eigenvalue weighted by Gasteiger charge is -2.14. The molecule has 4 heteroatoms. The van der Waals surface area contributed by atoms with Gasteiger partial charge in [0.15, 0.2) is 6.17 Å². The molecule has 1 N–H and O–H groups in total. The minimum atomic E-state index is -1.13. The summed E-state index contributed by atoms with van der Waals surface area (Å²) >= 11 is 0. The second-order valence-electron chi connectivity index (χ2n) is 2.71. The molecule has 0 unspecified atom stereocenters. The number of aliphatic hydroxyl groups is 1. The van der Waals surface area contributed by atoms with Crippen molar-refractivity contribution in [3.63, 3.8) is 0 Å². The van der Waals surface area contributed by atoms with E-state index < -0.39 is 24.5 Å². The van der Waals surface area contributed by atoms with Gasteiger partial charge in [0.1, 0.15) is 12.2 Å². The first-order valence-corrected chi connectivity index (χ1v) is 3.64. The van der Waals surface area contributed by atoms with Gasteiger partial charge in [0.25, 0.3) is 0 Å². The highest BCUT2D eigenvalue weighted by molar-refractivity contribution is 4.89. The van der Waals surface area contributed by atoms with Crippen LogP contribution in [0.1, 0.15) is 6.92 Å². The maximum absolute atomic E-state index is 13.1.